The van der Waals surface area contributed by atoms with Crippen LogP contribution in [-0.2, 0) is 17.8 Å². The van der Waals surface area contributed by atoms with Gasteiger partial charge in [0.05, 0.1) is 12.0 Å². The van der Waals surface area contributed by atoms with Crippen molar-refractivity contribution < 1.29 is 27.8 Å². The van der Waals surface area contributed by atoms with Crippen LogP contribution in [0.3, 0.4) is 0 Å². The van der Waals surface area contributed by atoms with Crippen LogP contribution in [-0.4, -0.2) is 15.6 Å². The molecule has 1 aromatic heterocycles. The number of aromatic hydroxyl groups is 1. The first kappa shape index (κ1) is 20.7. The van der Waals surface area contributed by atoms with E-state index in [-0.39, 0.29) is 29.0 Å². The normalized spacial score (nSPS) is 15.5. The molecule has 160 valence electrons. The average Bonchev–Trinajstić information content (AvgIpc) is 2.72. The number of aryl methyl sites for hydroxylation is 2. The van der Waals surface area contributed by atoms with E-state index in [1.807, 2.05) is 0 Å². The number of hydrogen-bond donors (Lipinski definition) is 1. The number of nitrogens with zero attached hydrogens (tertiary/aromatic N) is 1. The van der Waals surface area contributed by atoms with Crippen molar-refractivity contribution in [2.45, 2.75) is 32.2 Å². The zero-order valence-corrected chi connectivity index (χ0v) is 16.5. The van der Waals surface area contributed by atoms with Gasteiger partial charge in [0.15, 0.2) is 17.5 Å². The first-order chi connectivity index (χ1) is 14.7. The standard InChI is InChI=1S/C23H18F3NO4/c1-12-8-19-21(23(30)27(12)7-6-13-2-4-15(28)5-3-13)16(11-20(29)31-19)14-9-17(24)22(26)18(25)10-14/h2-5,8-10,16,28H,6-7,11H2,1H3/t16-/m0/s1. The van der Waals surface area contributed by atoms with Gasteiger partial charge in [-0.15, -0.1) is 0 Å². The van der Waals surface area contributed by atoms with Crippen LogP contribution in [0, 0.1) is 24.4 Å². The van der Waals surface area contributed by atoms with Gasteiger partial charge in [0.1, 0.15) is 11.5 Å². The zero-order valence-electron chi connectivity index (χ0n) is 16.5. The van der Waals surface area contributed by atoms with E-state index in [9.17, 15) is 27.9 Å². The molecule has 1 aliphatic heterocycles. The van der Waals surface area contributed by atoms with Crippen LogP contribution in [0.15, 0.2) is 47.3 Å². The lowest BCUT2D eigenvalue weighted by Crippen LogP contribution is -2.33. The topological polar surface area (TPSA) is 68.5 Å². The third-order valence-electron chi connectivity index (χ3n) is 5.42. The maximum Gasteiger partial charge on any atom is 0.312 e. The van der Waals surface area contributed by atoms with E-state index in [4.69, 9.17) is 4.74 Å². The number of carbonyl (C=O) groups excluding carboxylic acids is 1. The highest BCUT2D eigenvalue weighted by molar-refractivity contribution is 5.77. The van der Waals surface area contributed by atoms with Crippen molar-refractivity contribution in [3.8, 4) is 11.5 Å². The third-order valence-corrected chi connectivity index (χ3v) is 5.42. The number of esters is 1. The summed E-state index contributed by atoms with van der Waals surface area (Å²) in [5.41, 5.74) is 1.08. The number of phenols is 1. The van der Waals surface area contributed by atoms with E-state index in [1.54, 1.807) is 31.2 Å². The number of hydrogen-bond acceptors (Lipinski definition) is 4. The summed E-state index contributed by atoms with van der Waals surface area (Å²) in [7, 11) is 0. The van der Waals surface area contributed by atoms with Gasteiger partial charge in [-0.3, -0.25) is 9.59 Å². The van der Waals surface area contributed by atoms with Gasteiger partial charge in [-0.2, -0.15) is 0 Å². The third kappa shape index (κ3) is 3.93. The molecular formula is C23H18F3NO4. The first-order valence-corrected chi connectivity index (χ1v) is 9.62. The van der Waals surface area contributed by atoms with Crippen LogP contribution >= 0.6 is 0 Å². The summed E-state index contributed by atoms with van der Waals surface area (Å²) in [6.45, 7) is 1.99. The SMILES string of the molecule is Cc1cc2c(c(=O)n1CCc1ccc(O)cc1)[C@H](c1cc(F)c(F)c(F)c1)CC(=O)O2. The number of benzene rings is 2. The monoisotopic (exact) mass is 429 g/mol. The summed E-state index contributed by atoms with van der Waals surface area (Å²) in [5.74, 6) is -5.84. The molecule has 3 aromatic rings. The Hall–Kier alpha value is -3.55. The van der Waals surface area contributed by atoms with Crippen molar-refractivity contribution in [3.05, 3.63) is 92.7 Å². The molecule has 4 rings (SSSR count). The van der Waals surface area contributed by atoms with Crippen LogP contribution in [0.5, 0.6) is 11.5 Å². The second-order valence-electron chi connectivity index (χ2n) is 7.47. The Morgan fingerprint density at radius 1 is 1.06 bits per heavy atom. The van der Waals surface area contributed by atoms with Crippen molar-refractivity contribution >= 4 is 5.97 Å². The Balaban J connectivity index is 1.77. The molecule has 5 nitrogen and oxygen atoms in total. The van der Waals surface area contributed by atoms with Crippen LogP contribution in [0.25, 0.3) is 0 Å². The minimum atomic E-state index is -1.61. The molecule has 31 heavy (non-hydrogen) atoms. The Morgan fingerprint density at radius 3 is 2.35 bits per heavy atom. The van der Waals surface area contributed by atoms with Gasteiger partial charge in [-0.05, 0) is 48.7 Å². The molecule has 2 aromatic carbocycles. The van der Waals surface area contributed by atoms with Gasteiger partial charge in [0, 0.05) is 24.2 Å². The number of fused-ring (bicyclic) bond motifs is 1. The fraction of sp³-hybridized carbons (Fsp3) is 0.217. The summed E-state index contributed by atoms with van der Waals surface area (Å²) in [4.78, 5) is 25.4. The molecule has 0 bridgehead atoms. The lowest BCUT2D eigenvalue weighted by atomic mass is 9.86. The molecule has 0 saturated carbocycles. The smallest absolute Gasteiger partial charge is 0.312 e. The van der Waals surface area contributed by atoms with Gasteiger partial charge in [0.25, 0.3) is 5.56 Å². The van der Waals surface area contributed by atoms with E-state index >= 15 is 0 Å². The summed E-state index contributed by atoms with van der Waals surface area (Å²) in [6, 6.07) is 9.70. The van der Waals surface area contributed by atoms with Crippen molar-refractivity contribution in [1.29, 1.82) is 0 Å². The number of phenolic OH excluding ortho intramolecular Hbond substituents is 1. The molecule has 0 amide bonds. The van der Waals surface area contributed by atoms with E-state index in [0.29, 0.717) is 18.7 Å². The van der Waals surface area contributed by atoms with Crippen LogP contribution < -0.4 is 10.3 Å². The summed E-state index contributed by atoms with van der Waals surface area (Å²) >= 11 is 0. The number of aromatic nitrogens is 1. The minimum absolute atomic E-state index is 0.0136. The number of ether oxygens (including phenoxy) is 1. The van der Waals surface area contributed by atoms with E-state index < -0.39 is 34.9 Å². The number of halogens is 3. The second-order valence-corrected chi connectivity index (χ2v) is 7.47. The van der Waals surface area contributed by atoms with Gasteiger partial charge in [-0.25, -0.2) is 13.2 Å². The van der Waals surface area contributed by atoms with E-state index in [1.165, 1.54) is 10.6 Å². The highest BCUT2D eigenvalue weighted by atomic mass is 19.2. The quantitative estimate of drug-likeness (QED) is 0.504. The van der Waals surface area contributed by atoms with Crippen molar-refractivity contribution in [2.75, 3.05) is 0 Å². The zero-order chi connectivity index (χ0) is 22.3. The molecule has 0 saturated heterocycles. The number of rotatable bonds is 4. The second kappa shape index (κ2) is 7.94. The maximum absolute atomic E-state index is 13.8. The Morgan fingerprint density at radius 2 is 1.71 bits per heavy atom. The lowest BCUT2D eigenvalue weighted by molar-refractivity contribution is -0.135. The highest BCUT2D eigenvalue weighted by Gasteiger charge is 2.33. The average molecular weight is 429 g/mol. The molecule has 0 radical (unpaired) electrons. The van der Waals surface area contributed by atoms with Crippen LogP contribution in [0.2, 0.25) is 0 Å². The molecule has 1 N–H and O–H groups in total. The fourth-order valence-electron chi connectivity index (χ4n) is 3.84. The largest absolute Gasteiger partial charge is 0.508 e. The maximum atomic E-state index is 13.8. The van der Waals surface area contributed by atoms with Crippen LogP contribution in [0.1, 0.15) is 34.7 Å². The van der Waals surface area contributed by atoms with Gasteiger partial charge in [0.2, 0.25) is 0 Å². The van der Waals surface area contributed by atoms with Crippen molar-refractivity contribution in [1.82, 2.24) is 4.57 Å². The van der Waals surface area contributed by atoms with Crippen LogP contribution in [0.4, 0.5) is 13.2 Å². The Bertz CT molecular complexity index is 1210. The summed E-state index contributed by atoms with van der Waals surface area (Å²) < 4.78 is 47.8. The molecule has 1 aliphatic rings. The Kier molecular flexibility index (Phi) is 5.31. The van der Waals surface area contributed by atoms with Gasteiger partial charge in [-0.1, -0.05) is 12.1 Å². The minimum Gasteiger partial charge on any atom is -0.508 e. The van der Waals surface area contributed by atoms with E-state index in [0.717, 1.165) is 17.7 Å². The number of pyridine rings is 1. The van der Waals surface area contributed by atoms with Crippen molar-refractivity contribution in [2.24, 2.45) is 0 Å². The summed E-state index contributed by atoms with van der Waals surface area (Å²) in [5, 5.41) is 9.40. The van der Waals surface area contributed by atoms with Gasteiger partial charge < -0.3 is 14.4 Å². The molecule has 0 fully saturated rings. The van der Waals surface area contributed by atoms with Gasteiger partial charge >= 0.3 is 5.97 Å². The van der Waals surface area contributed by atoms with E-state index in [2.05, 4.69) is 0 Å². The Labute approximate surface area is 175 Å². The predicted octanol–water partition coefficient (Wildman–Crippen LogP) is 3.96. The molecule has 0 unspecified atom stereocenters. The molecule has 8 heteroatoms. The first-order valence-electron chi connectivity index (χ1n) is 9.62. The van der Waals surface area contributed by atoms with Crippen molar-refractivity contribution in [3.63, 3.8) is 0 Å². The highest BCUT2D eigenvalue weighted by Crippen LogP contribution is 2.37. The summed E-state index contributed by atoms with van der Waals surface area (Å²) in [6.07, 6.45) is 0.192. The molecular weight excluding hydrogens is 411 g/mol. The predicted molar refractivity (Wildman–Crippen MR) is 106 cm³/mol. The molecule has 0 spiro atoms. The lowest BCUT2D eigenvalue weighted by Gasteiger charge is -2.26. The molecule has 0 aliphatic carbocycles. The molecule has 2 heterocycles. The molecule has 1 atom stereocenters. The fourth-order valence-corrected chi connectivity index (χ4v) is 3.84. The number of carbonyl (C=O) groups is 1.